The zero-order valence-electron chi connectivity index (χ0n) is 12.3. The minimum absolute atomic E-state index is 0.0635. The molecular weight excluding hydrogens is 274 g/mol. The lowest BCUT2D eigenvalue weighted by Gasteiger charge is -2.21. The van der Waals surface area contributed by atoms with Gasteiger partial charge in [-0.25, -0.2) is 13.8 Å². The van der Waals surface area contributed by atoms with Gasteiger partial charge in [0.2, 0.25) is 5.88 Å². The predicted octanol–water partition coefficient (Wildman–Crippen LogP) is 4.04. The fourth-order valence-electron chi connectivity index (χ4n) is 1.68. The van der Waals surface area contributed by atoms with E-state index in [4.69, 9.17) is 4.74 Å². The van der Waals surface area contributed by atoms with Crippen LogP contribution in [-0.2, 0) is 6.54 Å². The second-order valence-electron chi connectivity index (χ2n) is 5.75. The number of halogens is 2. The van der Waals surface area contributed by atoms with Gasteiger partial charge in [-0.2, -0.15) is 0 Å². The fourth-order valence-corrected chi connectivity index (χ4v) is 1.68. The smallest absolute Gasteiger partial charge is 0.224 e. The van der Waals surface area contributed by atoms with Crippen LogP contribution in [0.15, 0.2) is 36.5 Å². The summed E-state index contributed by atoms with van der Waals surface area (Å²) in [4.78, 5) is 3.91. The molecule has 0 unspecified atom stereocenters. The number of ether oxygens (including phenoxy) is 1. The van der Waals surface area contributed by atoms with Crippen LogP contribution in [0.2, 0.25) is 0 Å². The van der Waals surface area contributed by atoms with Gasteiger partial charge in [0.1, 0.15) is 5.82 Å². The lowest BCUT2D eigenvalue weighted by molar-refractivity contribution is 0.397. The minimum Gasteiger partial charge on any atom is -0.436 e. The highest BCUT2D eigenvalue weighted by molar-refractivity contribution is 5.33. The summed E-state index contributed by atoms with van der Waals surface area (Å²) in [5.74, 6) is -0.688. The highest BCUT2D eigenvalue weighted by atomic mass is 19.1. The quantitative estimate of drug-likeness (QED) is 0.923. The van der Waals surface area contributed by atoms with E-state index in [1.165, 1.54) is 18.2 Å². The van der Waals surface area contributed by atoms with Crippen LogP contribution >= 0.6 is 0 Å². The zero-order chi connectivity index (χ0) is 15.5. The number of hydrogen-bond acceptors (Lipinski definition) is 3. The first-order valence-corrected chi connectivity index (χ1v) is 6.67. The lowest BCUT2D eigenvalue weighted by Crippen LogP contribution is -2.35. The Balaban J connectivity index is 2.25. The van der Waals surface area contributed by atoms with Gasteiger partial charge < -0.3 is 10.1 Å². The summed E-state index contributed by atoms with van der Waals surface area (Å²) in [5.41, 5.74) is 0.398. The van der Waals surface area contributed by atoms with Crippen molar-refractivity contribution < 1.29 is 13.5 Å². The van der Waals surface area contributed by atoms with E-state index in [-0.39, 0.29) is 17.2 Å². The number of benzene rings is 1. The first-order chi connectivity index (χ1) is 9.85. The minimum atomic E-state index is -0.488. The van der Waals surface area contributed by atoms with Gasteiger partial charge in [0.25, 0.3) is 0 Å². The Labute approximate surface area is 123 Å². The number of nitrogens with zero attached hydrogens (tertiary/aromatic N) is 1. The molecule has 112 valence electrons. The number of rotatable bonds is 4. The molecule has 2 rings (SSSR count). The van der Waals surface area contributed by atoms with Crippen molar-refractivity contribution in [1.29, 1.82) is 0 Å². The van der Waals surface area contributed by atoms with Gasteiger partial charge in [0, 0.05) is 17.6 Å². The second-order valence-corrected chi connectivity index (χ2v) is 5.75. The first kappa shape index (κ1) is 15.4. The van der Waals surface area contributed by atoms with Crippen LogP contribution < -0.4 is 10.1 Å². The van der Waals surface area contributed by atoms with Gasteiger partial charge in [-0.3, -0.25) is 0 Å². The van der Waals surface area contributed by atoms with E-state index in [9.17, 15) is 8.78 Å². The van der Waals surface area contributed by atoms with Crippen LogP contribution in [0.3, 0.4) is 0 Å². The van der Waals surface area contributed by atoms with Crippen LogP contribution in [0, 0.1) is 11.6 Å². The van der Waals surface area contributed by atoms with Gasteiger partial charge in [0.05, 0.1) is 6.20 Å². The molecule has 0 bridgehead atoms. The molecule has 5 heteroatoms. The topological polar surface area (TPSA) is 34.2 Å². The van der Waals surface area contributed by atoms with Crippen molar-refractivity contribution in [1.82, 2.24) is 10.3 Å². The predicted molar refractivity (Wildman–Crippen MR) is 77.3 cm³/mol. The molecule has 0 aliphatic rings. The van der Waals surface area contributed by atoms with E-state index in [0.29, 0.717) is 12.1 Å². The van der Waals surface area contributed by atoms with Crippen molar-refractivity contribution in [2.24, 2.45) is 0 Å². The molecule has 0 aliphatic carbocycles. The van der Waals surface area contributed by atoms with Crippen LogP contribution in [-0.4, -0.2) is 10.5 Å². The number of nitrogens with one attached hydrogen (secondary N) is 1. The van der Waals surface area contributed by atoms with Crippen molar-refractivity contribution in [2.75, 3.05) is 0 Å². The third-order valence-electron chi connectivity index (χ3n) is 2.74. The average Bonchev–Trinajstić information content (AvgIpc) is 2.40. The molecule has 0 amide bonds. The molecular formula is C16H18F2N2O. The number of para-hydroxylation sites is 1. The summed E-state index contributed by atoms with van der Waals surface area (Å²) in [7, 11) is 0. The molecule has 0 spiro atoms. The van der Waals surface area contributed by atoms with E-state index in [2.05, 4.69) is 10.3 Å². The summed E-state index contributed by atoms with van der Waals surface area (Å²) in [6.45, 7) is 6.36. The summed E-state index contributed by atoms with van der Waals surface area (Å²) >= 11 is 0. The molecule has 1 aromatic heterocycles. The first-order valence-electron chi connectivity index (χ1n) is 6.67. The Hall–Kier alpha value is -2.01. The van der Waals surface area contributed by atoms with Crippen molar-refractivity contribution in [3.63, 3.8) is 0 Å². The van der Waals surface area contributed by atoms with Crippen molar-refractivity contribution in [3.8, 4) is 11.6 Å². The zero-order valence-corrected chi connectivity index (χ0v) is 12.3. The fraction of sp³-hybridized carbons (Fsp3) is 0.312. The summed E-state index contributed by atoms with van der Waals surface area (Å²) in [6.07, 6.45) is 1.05. The Morgan fingerprint density at radius 3 is 2.57 bits per heavy atom. The van der Waals surface area contributed by atoms with Gasteiger partial charge >= 0.3 is 0 Å². The highest BCUT2D eigenvalue weighted by Crippen LogP contribution is 2.26. The van der Waals surface area contributed by atoms with Crippen LogP contribution in [0.25, 0.3) is 0 Å². The number of pyridine rings is 1. The van der Waals surface area contributed by atoms with Crippen LogP contribution in [0.5, 0.6) is 11.6 Å². The van der Waals surface area contributed by atoms with E-state index >= 15 is 0 Å². The molecule has 21 heavy (non-hydrogen) atoms. The molecule has 0 aliphatic heterocycles. The molecule has 0 radical (unpaired) electrons. The normalized spacial score (nSPS) is 11.5. The maximum atomic E-state index is 13.6. The SMILES string of the molecule is CC(C)(C)NCc1cc(F)cnc1Oc1ccccc1F. The van der Waals surface area contributed by atoms with Gasteiger partial charge in [0.15, 0.2) is 11.6 Å². The maximum absolute atomic E-state index is 13.6. The standard InChI is InChI=1S/C16H18F2N2O/c1-16(2,3)20-9-11-8-12(17)10-19-15(11)21-14-7-5-4-6-13(14)18/h4-8,10,20H,9H2,1-3H3. The van der Waals surface area contributed by atoms with Gasteiger partial charge in [-0.15, -0.1) is 0 Å². The summed E-state index contributed by atoms with van der Waals surface area (Å²) in [5, 5.41) is 3.23. The van der Waals surface area contributed by atoms with Crippen LogP contribution in [0.4, 0.5) is 8.78 Å². The van der Waals surface area contributed by atoms with E-state index in [1.54, 1.807) is 12.1 Å². The van der Waals surface area contributed by atoms with E-state index < -0.39 is 11.6 Å². The molecule has 1 aromatic carbocycles. The molecule has 3 nitrogen and oxygen atoms in total. The Bertz CT molecular complexity index is 624. The average molecular weight is 292 g/mol. The summed E-state index contributed by atoms with van der Waals surface area (Å²) in [6, 6.07) is 7.37. The van der Waals surface area contributed by atoms with Gasteiger partial charge in [-0.1, -0.05) is 12.1 Å². The van der Waals surface area contributed by atoms with Crippen molar-refractivity contribution in [2.45, 2.75) is 32.9 Å². The second kappa shape index (κ2) is 6.18. The number of aromatic nitrogens is 1. The Kier molecular flexibility index (Phi) is 4.53. The summed E-state index contributed by atoms with van der Waals surface area (Å²) < 4.78 is 32.5. The monoisotopic (exact) mass is 292 g/mol. The molecule has 1 heterocycles. The van der Waals surface area contributed by atoms with Gasteiger partial charge in [-0.05, 0) is 39.0 Å². The van der Waals surface area contributed by atoms with Crippen LogP contribution in [0.1, 0.15) is 26.3 Å². The largest absolute Gasteiger partial charge is 0.436 e. The molecule has 0 atom stereocenters. The third kappa shape index (κ3) is 4.49. The van der Waals surface area contributed by atoms with E-state index in [1.807, 2.05) is 20.8 Å². The van der Waals surface area contributed by atoms with Crippen molar-refractivity contribution >= 4 is 0 Å². The number of hydrogen-bond donors (Lipinski definition) is 1. The Morgan fingerprint density at radius 1 is 1.19 bits per heavy atom. The third-order valence-corrected chi connectivity index (χ3v) is 2.74. The Morgan fingerprint density at radius 2 is 1.90 bits per heavy atom. The maximum Gasteiger partial charge on any atom is 0.224 e. The molecule has 0 fully saturated rings. The van der Waals surface area contributed by atoms with Crippen molar-refractivity contribution in [3.05, 3.63) is 53.7 Å². The molecule has 0 saturated carbocycles. The molecule has 2 aromatic rings. The van der Waals surface area contributed by atoms with E-state index in [0.717, 1.165) is 6.20 Å². The molecule has 0 saturated heterocycles. The lowest BCUT2D eigenvalue weighted by atomic mass is 10.1. The molecule has 1 N–H and O–H groups in total. The highest BCUT2D eigenvalue weighted by Gasteiger charge is 2.14.